The summed E-state index contributed by atoms with van der Waals surface area (Å²) in [6.45, 7) is 3.76. The number of nitrogens with zero attached hydrogens (tertiary/aromatic N) is 3. The second-order valence-electron chi connectivity index (χ2n) is 5.73. The molecule has 1 heterocycles. The third kappa shape index (κ3) is 4.61. The molecule has 2 aromatic rings. The van der Waals surface area contributed by atoms with Crippen molar-refractivity contribution >= 4 is 5.69 Å². The summed E-state index contributed by atoms with van der Waals surface area (Å²) in [5.41, 5.74) is 2.79. The lowest BCUT2D eigenvalue weighted by atomic mass is 10.1. The van der Waals surface area contributed by atoms with Crippen LogP contribution in [0, 0.1) is 16.0 Å². The van der Waals surface area contributed by atoms with Gasteiger partial charge in [0.25, 0.3) is 5.69 Å². The van der Waals surface area contributed by atoms with Crippen LogP contribution in [0.15, 0.2) is 30.5 Å². The van der Waals surface area contributed by atoms with Gasteiger partial charge in [-0.1, -0.05) is 6.92 Å². The minimum Gasteiger partial charge on any atom is -0.396 e. The highest BCUT2D eigenvalue weighted by molar-refractivity contribution is 5.64. The summed E-state index contributed by atoms with van der Waals surface area (Å²) < 4.78 is 1.74. The van der Waals surface area contributed by atoms with E-state index < -0.39 is 4.92 Å². The highest BCUT2D eigenvalue weighted by Gasteiger charge is 2.12. The molecule has 0 bridgehead atoms. The first-order valence-electron chi connectivity index (χ1n) is 7.60. The molecule has 1 aromatic heterocycles. The maximum absolute atomic E-state index is 10.7. The van der Waals surface area contributed by atoms with E-state index in [4.69, 9.17) is 5.11 Å². The third-order valence-electron chi connectivity index (χ3n) is 3.69. The number of aryl methyl sites for hydroxylation is 1. The molecule has 0 saturated carbocycles. The van der Waals surface area contributed by atoms with Crippen molar-refractivity contribution < 1.29 is 10.0 Å². The quantitative estimate of drug-likeness (QED) is 0.574. The zero-order valence-corrected chi connectivity index (χ0v) is 13.4. The molecule has 1 unspecified atom stereocenters. The lowest BCUT2D eigenvalue weighted by molar-refractivity contribution is -0.384. The van der Waals surface area contributed by atoms with Gasteiger partial charge in [-0.2, -0.15) is 5.10 Å². The van der Waals surface area contributed by atoms with Gasteiger partial charge in [-0.05, 0) is 31.0 Å². The van der Waals surface area contributed by atoms with E-state index in [1.807, 2.05) is 13.2 Å². The molecule has 1 atom stereocenters. The van der Waals surface area contributed by atoms with Crippen LogP contribution < -0.4 is 5.32 Å². The molecular formula is C16H22N4O3. The molecule has 1 aromatic carbocycles. The molecule has 2 rings (SSSR count). The highest BCUT2D eigenvalue weighted by Crippen LogP contribution is 2.24. The summed E-state index contributed by atoms with van der Waals surface area (Å²) in [5, 5.41) is 27.5. The van der Waals surface area contributed by atoms with Gasteiger partial charge in [-0.25, -0.2) is 0 Å². The van der Waals surface area contributed by atoms with Crippen LogP contribution in [-0.2, 0) is 13.6 Å². The number of benzene rings is 1. The zero-order valence-electron chi connectivity index (χ0n) is 13.4. The molecule has 2 N–H and O–H groups in total. The van der Waals surface area contributed by atoms with Gasteiger partial charge in [-0.3, -0.25) is 14.8 Å². The molecule has 0 saturated heterocycles. The smallest absolute Gasteiger partial charge is 0.269 e. The monoisotopic (exact) mass is 318 g/mol. The van der Waals surface area contributed by atoms with Crippen molar-refractivity contribution in [3.8, 4) is 11.3 Å². The normalized spacial score (nSPS) is 12.3. The second-order valence-corrected chi connectivity index (χ2v) is 5.73. The zero-order chi connectivity index (χ0) is 16.8. The first kappa shape index (κ1) is 17.1. The van der Waals surface area contributed by atoms with Crippen molar-refractivity contribution in [1.29, 1.82) is 0 Å². The topological polar surface area (TPSA) is 93.2 Å². The second kappa shape index (κ2) is 7.85. The molecule has 0 aliphatic carbocycles. The number of rotatable bonds is 8. The van der Waals surface area contributed by atoms with E-state index in [-0.39, 0.29) is 12.3 Å². The number of nitro benzene ring substituents is 1. The van der Waals surface area contributed by atoms with Crippen LogP contribution in [0.2, 0.25) is 0 Å². The Bertz CT molecular complexity index is 652. The van der Waals surface area contributed by atoms with Crippen LogP contribution in [0.4, 0.5) is 5.69 Å². The van der Waals surface area contributed by atoms with E-state index >= 15 is 0 Å². The van der Waals surface area contributed by atoms with Crippen LogP contribution in [-0.4, -0.2) is 33.0 Å². The Morgan fingerprint density at radius 3 is 2.70 bits per heavy atom. The van der Waals surface area contributed by atoms with E-state index in [9.17, 15) is 10.1 Å². The van der Waals surface area contributed by atoms with Gasteiger partial charge in [0.2, 0.25) is 0 Å². The summed E-state index contributed by atoms with van der Waals surface area (Å²) in [7, 11) is 1.85. The van der Waals surface area contributed by atoms with Crippen molar-refractivity contribution in [1.82, 2.24) is 15.1 Å². The number of aliphatic hydroxyl groups is 1. The van der Waals surface area contributed by atoms with Crippen molar-refractivity contribution in [3.05, 3.63) is 46.1 Å². The van der Waals surface area contributed by atoms with E-state index in [1.165, 1.54) is 12.1 Å². The van der Waals surface area contributed by atoms with Gasteiger partial charge in [0, 0.05) is 49.7 Å². The van der Waals surface area contributed by atoms with Gasteiger partial charge in [0.05, 0.1) is 10.6 Å². The molecule has 7 nitrogen and oxygen atoms in total. The van der Waals surface area contributed by atoms with Gasteiger partial charge in [0.15, 0.2) is 0 Å². The molecule has 0 fully saturated rings. The van der Waals surface area contributed by atoms with Crippen LogP contribution in [0.3, 0.4) is 0 Å². The Labute approximate surface area is 135 Å². The Hall–Kier alpha value is -2.25. The fraction of sp³-hybridized carbons (Fsp3) is 0.438. The summed E-state index contributed by atoms with van der Waals surface area (Å²) >= 11 is 0. The molecule has 0 aliphatic rings. The van der Waals surface area contributed by atoms with Crippen LogP contribution >= 0.6 is 0 Å². The average molecular weight is 318 g/mol. The predicted molar refractivity (Wildman–Crippen MR) is 87.9 cm³/mol. The first-order chi connectivity index (χ1) is 11.0. The minimum atomic E-state index is -0.410. The molecule has 23 heavy (non-hydrogen) atoms. The van der Waals surface area contributed by atoms with Gasteiger partial charge in [-0.15, -0.1) is 0 Å². The van der Waals surface area contributed by atoms with E-state index in [2.05, 4.69) is 17.3 Å². The Balaban J connectivity index is 2.09. The molecule has 7 heteroatoms. The van der Waals surface area contributed by atoms with Crippen molar-refractivity contribution in [3.63, 3.8) is 0 Å². The molecule has 0 amide bonds. The standard InChI is InChI=1S/C16H22N4O3/c1-12(7-8-21)9-17-10-14-11-19(2)18-16(14)13-3-5-15(6-4-13)20(22)23/h3-6,11-12,17,21H,7-10H2,1-2H3. The molecule has 0 spiro atoms. The first-order valence-corrected chi connectivity index (χ1v) is 7.60. The highest BCUT2D eigenvalue weighted by atomic mass is 16.6. The van der Waals surface area contributed by atoms with Crippen molar-refractivity contribution in [2.75, 3.05) is 13.2 Å². The fourth-order valence-electron chi connectivity index (χ4n) is 2.43. The van der Waals surface area contributed by atoms with Crippen LogP contribution in [0.5, 0.6) is 0 Å². The number of nitro groups is 1. The summed E-state index contributed by atoms with van der Waals surface area (Å²) in [5.74, 6) is 0.402. The number of nitrogens with one attached hydrogen (secondary N) is 1. The average Bonchev–Trinajstić information content (AvgIpc) is 2.88. The van der Waals surface area contributed by atoms with Gasteiger partial charge >= 0.3 is 0 Å². The third-order valence-corrected chi connectivity index (χ3v) is 3.69. The summed E-state index contributed by atoms with van der Waals surface area (Å²) in [6.07, 6.45) is 2.72. The maximum atomic E-state index is 10.7. The van der Waals surface area contributed by atoms with Crippen molar-refractivity contribution in [2.24, 2.45) is 13.0 Å². The SMILES string of the molecule is CC(CCO)CNCc1cn(C)nc1-c1ccc([N+](=O)[O-])cc1. The Morgan fingerprint density at radius 1 is 1.39 bits per heavy atom. The number of hydrogen-bond acceptors (Lipinski definition) is 5. The summed E-state index contributed by atoms with van der Waals surface area (Å²) in [4.78, 5) is 10.3. The summed E-state index contributed by atoms with van der Waals surface area (Å²) in [6, 6.07) is 6.42. The fourth-order valence-corrected chi connectivity index (χ4v) is 2.43. The maximum Gasteiger partial charge on any atom is 0.269 e. The minimum absolute atomic E-state index is 0.0715. The van der Waals surface area contributed by atoms with Crippen LogP contribution in [0.1, 0.15) is 18.9 Å². The van der Waals surface area contributed by atoms with Gasteiger partial charge in [0.1, 0.15) is 0 Å². The number of aliphatic hydroxyl groups excluding tert-OH is 1. The van der Waals surface area contributed by atoms with Crippen molar-refractivity contribution in [2.45, 2.75) is 19.9 Å². The number of non-ortho nitro benzene ring substituents is 1. The molecule has 0 aliphatic heterocycles. The molecule has 124 valence electrons. The number of aromatic nitrogens is 2. The molecular weight excluding hydrogens is 296 g/mol. The largest absolute Gasteiger partial charge is 0.396 e. The van der Waals surface area contributed by atoms with E-state index in [0.717, 1.165) is 29.8 Å². The number of hydrogen-bond donors (Lipinski definition) is 2. The molecule has 0 radical (unpaired) electrons. The van der Waals surface area contributed by atoms with E-state index in [1.54, 1.807) is 16.8 Å². The predicted octanol–water partition coefficient (Wildman–Crippen LogP) is 2.10. The van der Waals surface area contributed by atoms with E-state index in [0.29, 0.717) is 12.5 Å². The lowest BCUT2D eigenvalue weighted by Crippen LogP contribution is -2.21. The lowest BCUT2D eigenvalue weighted by Gasteiger charge is -2.11. The Kier molecular flexibility index (Phi) is 5.84. The Morgan fingerprint density at radius 2 is 2.09 bits per heavy atom. The van der Waals surface area contributed by atoms with Crippen LogP contribution in [0.25, 0.3) is 11.3 Å². The van der Waals surface area contributed by atoms with Gasteiger partial charge < -0.3 is 10.4 Å².